The Bertz CT molecular complexity index is 884. The molecule has 1 aliphatic heterocycles. The van der Waals surface area contributed by atoms with Gasteiger partial charge in [-0.05, 0) is 43.5 Å². The zero-order valence-corrected chi connectivity index (χ0v) is 15.4. The number of rotatable bonds is 2. The lowest BCUT2D eigenvalue weighted by molar-refractivity contribution is -0.133. The maximum atomic E-state index is 12.3. The van der Waals surface area contributed by atoms with Gasteiger partial charge < -0.3 is 13.9 Å². The van der Waals surface area contributed by atoms with Crippen molar-refractivity contribution in [2.75, 3.05) is 0 Å². The standard InChI is InChI=1S/C21H22O5/c1-11-14-10-21(4)13(3)16(25-20(23)17-6-5-9-24-17)8-7-15(21)12(2)18(14)26-19(11)22/h5-7,9,13,16H,8,10H2,1-4H3. The van der Waals surface area contributed by atoms with Gasteiger partial charge >= 0.3 is 11.9 Å². The summed E-state index contributed by atoms with van der Waals surface area (Å²) >= 11 is 0. The van der Waals surface area contributed by atoms with Crippen LogP contribution in [0.3, 0.4) is 0 Å². The van der Waals surface area contributed by atoms with Gasteiger partial charge in [0.25, 0.3) is 0 Å². The largest absolute Gasteiger partial charge is 0.457 e. The Morgan fingerprint density at radius 3 is 2.77 bits per heavy atom. The van der Waals surface area contributed by atoms with Crippen LogP contribution in [-0.4, -0.2) is 18.0 Å². The minimum absolute atomic E-state index is 0.0916. The molecule has 5 nitrogen and oxygen atoms in total. The van der Waals surface area contributed by atoms with Crippen molar-refractivity contribution in [2.45, 2.75) is 46.6 Å². The van der Waals surface area contributed by atoms with Crippen LogP contribution in [0, 0.1) is 11.3 Å². The van der Waals surface area contributed by atoms with Crippen molar-refractivity contribution >= 4 is 11.9 Å². The molecule has 0 amide bonds. The summed E-state index contributed by atoms with van der Waals surface area (Å²) in [6, 6.07) is 3.28. The molecule has 1 aromatic heterocycles. The van der Waals surface area contributed by atoms with Crippen molar-refractivity contribution in [3.63, 3.8) is 0 Å². The third-order valence-corrected chi connectivity index (χ3v) is 6.23. The lowest BCUT2D eigenvalue weighted by Gasteiger charge is -2.47. The Kier molecular flexibility index (Phi) is 3.72. The van der Waals surface area contributed by atoms with Crippen LogP contribution < -0.4 is 0 Å². The second-order valence-corrected chi connectivity index (χ2v) is 7.60. The Morgan fingerprint density at radius 1 is 1.31 bits per heavy atom. The summed E-state index contributed by atoms with van der Waals surface area (Å²) in [6.45, 7) is 8.11. The Labute approximate surface area is 152 Å². The third-order valence-electron chi connectivity index (χ3n) is 6.23. The normalized spacial score (nSPS) is 30.6. The number of ether oxygens (including phenoxy) is 2. The summed E-state index contributed by atoms with van der Waals surface area (Å²) in [6.07, 6.45) is 4.69. The second-order valence-electron chi connectivity index (χ2n) is 7.60. The van der Waals surface area contributed by atoms with E-state index in [1.807, 2.05) is 13.8 Å². The Hall–Kier alpha value is -2.56. The Balaban J connectivity index is 1.67. The lowest BCUT2D eigenvalue weighted by Crippen LogP contribution is -2.43. The summed E-state index contributed by atoms with van der Waals surface area (Å²) in [7, 11) is 0. The van der Waals surface area contributed by atoms with Gasteiger partial charge in [-0.15, -0.1) is 0 Å². The fourth-order valence-corrected chi connectivity index (χ4v) is 4.43. The molecule has 0 radical (unpaired) electrons. The molecule has 2 aliphatic carbocycles. The maximum absolute atomic E-state index is 12.3. The maximum Gasteiger partial charge on any atom is 0.374 e. The first-order chi connectivity index (χ1) is 12.3. The van der Waals surface area contributed by atoms with Gasteiger partial charge in [-0.25, -0.2) is 9.59 Å². The molecule has 5 heteroatoms. The molecule has 0 saturated carbocycles. The number of allylic oxidation sites excluding steroid dienone is 3. The molecular formula is C21H22O5. The van der Waals surface area contributed by atoms with E-state index >= 15 is 0 Å². The van der Waals surface area contributed by atoms with Crippen LogP contribution in [-0.2, 0) is 14.3 Å². The zero-order chi connectivity index (χ0) is 18.6. The van der Waals surface area contributed by atoms with Crippen molar-refractivity contribution < 1.29 is 23.5 Å². The van der Waals surface area contributed by atoms with Gasteiger partial charge in [0.05, 0.1) is 6.26 Å². The van der Waals surface area contributed by atoms with Crippen LogP contribution in [0.4, 0.5) is 0 Å². The van der Waals surface area contributed by atoms with E-state index < -0.39 is 5.97 Å². The quantitative estimate of drug-likeness (QED) is 0.740. The third kappa shape index (κ3) is 2.30. The molecule has 3 unspecified atom stereocenters. The number of furan rings is 1. The number of carbonyl (C=O) groups is 2. The van der Waals surface area contributed by atoms with E-state index in [1.54, 1.807) is 12.1 Å². The van der Waals surface area contributed by atoms with Crippen LogP contribution in [0.5, 0.6) is 0 Å². The van der Waals surface area contributed by atoms with Crippen LogP contribution in [0.2, 0.25) is 0 Å². The molecular weight excluding hydrogens is 332 g/mol. The van der Waals surface area contributed by atoms with Crippen LogP contribution in [0.1, 0.15) is 51.1 Å². The molecule has 1 aromatic rings. The molecule has 0 N–H and O–H groups in total. The van der Waals surface area contributed by atoms with Gasteiger partial charge in [0.15, 0.2) is 0 Å². The number of carbonyl (C=O) groups excluding carboxylic acids is 2. The highest BCUT2D eigenvalue weighted by atomic mass is 16.6. The van der Waals surface area contributed by atoms with E-state index in [2.05, 4.69) is 19.9 Å². The van der Waals surface area contributed by atoms with Crippen molar-refractivity contribution in [1.29, 1.82) is 0 Å². The lowest BCUT2D eigenvalue weighted by atomic mass is 9.58. The van der Waals surface area contributed by atoms with E-state index in [0.29, 0.717) is 18.4 Å². The first-order valence-electron chi connectivity index (χ1n) is 8.91. The summed E-state index contributed by atoms with van der Waals surface area (Å²) in [5.74, 6) is 0.326. The highest BCUT2D eigenvalue weighted by Crippen LogP contribution is 2.56. The summed E-state index contributed by atoms with van der Waals surface area (Å²) in [4.78, 5) is 24.3. The average Bonchev–Trinajstić information content (AvgIpc) is 3.23. The second kappa shape index (κ2) is 5.73. The molecule has 0 saturated heterocycles. The summed E-state index contributed by atoms with van der Waals surface area (Å²) < 4.78 is 16.4. The van der Waals surface area contributed by atoms with Gasteiger partial charge in [-0.3, -0.25) is 0 Å². The topological polar surface area (TPSA) is 65.7 Å². The fraction of sp³-hybridized carbons (Fsp3) is 0.429. The number of fused-ring (bicyclic) bond motifs is 2. The molecule has 0 bridgehead atoms. The molecule has 4 rings (SSSR count). The van der Waals surface area contributed by atoms with Gasteiger partial charge in [0.1, 0.15) is 11.9 Å². The number of hydrogen-bond acceptors (Lipinski definition) is 5. The molecule has 136 valence electrons. The molecule has 3 aliphatic rings. The predicted octanol–water partition coefficient (Wildman–Crippen LogP) is 4.33. The van der Waals surface area contributed by atoms with Gasteiger partial charge in [0.2, 0.25) is 5.76 Å². The molecule has 3 atom stereocenters. The number of esters is 2. The first kappa shape index (κ1) is 16.9. The van der Waals surface area contributed by atoms with Crippen LogP contribution in [0.25, 0.3) is 0 Å². The molecule has 0 spiro atoms. The molecule has 26 heavy (non-hydrogen) atoms. The predicted molar refractivity (Wildman–Crippen MR) is 94.0 cm³/mol. The SMILES string of the molecule is CC1=C2CC3(C)C(=CCC(OC(=O)c4ccco4)C3C)C(C)=C2OC1=O. The first-order valence-corrected chi connectivity index (χ1v) is 8.91. The highest BCUT2D eigenvalue weighted by molar-refractivity contribution is 5.94. The van der Waals surface area contributed by atoms with E-state index in [1.165, 1.54) is 11.8 Å². The van der Waals surface area contributed by atoms with Crippen molar-refractivity contribution in [3.05, 3.63) is 58.3 Å². The molecule has 0 aromatic carbocycles. The fourth-order valence-electron chi connectivity index (χ4n) is 4.43. The van der Waals surface area contributed by atoms with Crippen molar-refractivity contribution in [1.82, 2.24) is 0 Å². The summed E-state index contributed by atoms with van der Waals surface area (Å²) in [5, 5.41) is 0. The van der Waals surface area contributed by atoms with Gasteiger partial charge in [-0.2, -0.15) is 0 Å². The van der Waals surface area contributed by atoms with Crippen LogP contribution >= 0.6 is 0 Å². The Morgan fingerprint density at radius 2 is 2.08 bits per heavy atom. The van der Waals surface area contributed by atoms with Gasteiger partial charge in [0, 0.05) is 28.9 Å². The summed E-state index contributed by atoms with van der Waals surface area (Å²) in [5.41, 5.74) is 3.65. The molecule has 0 fully saturated rings. The smallest absolute Gasteiger partial charge is 0.374 e. The van der Waals surface area contributed by atoms with Gasteiger partial charge in [-0.1, -0.05) is 19.9 Å². The zero-order valence-electron chi connectivity index (χ0n) is 15.4. The van der Waals surface area contributed by atoms with Crippen molar-refractivity contribution in [3.8, 4) is 0 Å². The van der Waals surface area contributed by atoms with E-state index in [0.717, 1.165) is 16.9 Å². The van der Waals surface area contributed by atoms with E-state index in [-0.39, 0.29) is 29.2 Å². The van der Waals surface area contributed by atoms with E-state index in [9.17, 15) is 9.59 Å². The number of hydrogen-bond donors (Lipinski definition) is 0. The average molecular weight is 354 g/mol. The van der Waals surface area contributed by atoms with Crippen molar-refractivity contribution in [2.24, 2.45) is 11.3 Å². The van der Waals surface area contributed by atoms with E-state index in [4.69, 9.17) is 13.9 Å². The highest BCUT2D eigenvalue weighted by Gasteiger charge is 2.50. The van der Waals surface area contributed by atoms with Crippen LogP contribution in [0.15, 0.2) is 56.9 Å². The minimum atomic E-state index is -0.439. The molecule has 2 heterocycles. The minimum Gasteiger partial charge on any atom is -0.457 e. The monoisotopic (exact) mass is 354 g/mol.